The molecule has 0 fully saturated rings. The third-order valence-corrected chi connectivity index (χ3v) is 3.37. The van der Waals surface area contributed by atoms with Crippen molar-refractivity contribution in [3.8, 4) is 5.75 Å². The molecule has 100 valence electrons. The minimum atomic E-state index is -1.46. The van der Waals surface area contributed by atoms with E-state index in [1.807, 2.05) is 0 Å². The summed E-state index contributed by atoms with van der Waals surface area (Å²) in [4.78, 5) is 0. The maximum Gasteiger partial charge on any atom is 0.171 e. The van der Waals surface area contributed by atoms with E-state index in [-0.39, 0.29) is 11.3 Å². The lowest BCUT2D eigenvalue weighted by atomic mass is 9.88. The number of benzene rings is 2. The number of hydrogen-bond donors (Lipinski definition) is 1. The van der Waals surface area contributed by atoms with Crippen LogP contribution in [0, 0.1) is 5.82 Å². The Kier molecular flexibility index (Phi) is 3.78. The molecule has 19 heavy (non-hydrogen) atoms. The Bertz CT molecular complexity index is 579. The molecule has 0 spiro atoms. The van der Waals surface area contributed by atoms with Crippen LogP contribution in [0.5, 0.6) is 5.75 Å². The van der Waals surface area contributed by atoms with Gasteiger partial charge in [0.1, 0.15) is 5.60 Å². The van der Waals surface area contributed by atoms with Gasteiger partial charge in [-0.15, -0.1) is 0 Å². The van der Waals surface area contributed by atoms with Gasteiger partial charge in [0.2, 0.25) is 0 Å². The molecule has 0 radical (unpaired) electrons. The molecule has 0 amide bonds. The van der Waals surface area contributed by atoms with Gasteiger partial charge in [-0.3, -0.25) is 0 Å². The molecule has 0 heterocycles. The number of rotatable bonds is 3. The number of ether oxygens (including phenoxy) is 1. The fraction of sp³-hybridized carbons (Fsp3) is 0.200. The zero-order valence-corrected chi connectivity index (χ0v) is 11.4. The molecule has 0 aliphatic carbocycles. The van der Waals surface area contributed by atoms with E-state index in [4.69, 9.17) is 16.3 Å². The van der Waals surface area contributed by atoms with Crippen LogP contribution >= 0.6 is 11.6 Å². The highest BCUT2D eigenvalue weighted by molar-refractivity contribution is 6.30. The summed E-state index contributed by atoms with van der Waals surface area (Å²) in [5.74, 6) is -0.461. The minimum absolute atomic E-state index is 0.103. The molecule has 2 aromatic rings. The molecule has 0 aliphatic heterocycles. The summed E-state index contributed by atoms with van der Waals surface area (Å²) in [5.41, 5.74) is -0.735. The quantitative estimate of drug-likeness (QED) is 0.928. The minimum Gasteiger partial charge on any atom is -0.494 e. The van der Waals surface area contributed by atoms with E-state index >= 15 is 0 Å². The van der Waals surface area contributed by atoms with Gasteiger partial charge in [-0.25, -0.2) is 4.39 Å². The maximum absolute atomic E-state index is 14.2. The van der Waals surface area contributed by atoms with Crippen molar-refractivity contribution in [2.24, 2.45) is 0 Å². The van der Waals surface area contributed by atoms with Gasteiger partial charge in [-0.05, 0) is 30.7 Å². The molecule has 2 aromatic carbocycles. The van der Waals surface area contributed by atoms with Crippen molar-refractivity contribution in [1.29, 1.82) is 0 Å². The lowest BCUT2D eigenvalue weighted by molar-refractivity contribution is 0.0972. The van der Waals surface area contributed by atoms with E-state index in [0.717, 1.165) is 0 Å². The summed E-state index contributed by atoms with van der Waals surface area (Å²) in [6, 6.07) is 11.3. The van der Waals surface area contributed by atoms with Crippen molar-refractivity contribution in [3.63, 3.8) is 0 Å². The van der Waals surface area contributed by atoms with Crippen LogP contribution in [-0.2, 0) is 5.60 Å². The first-order chi connectivity index (χ1) is 8.96. The Morgan fingerprint density at radius 2 is 1.79 bits per heavy atom. The number of aliphatic hydroxyl groups is 1. The molecule has 0 aromatic heterocycles. The number of hydrogen-bond acceptors (Lipinski definition) is 2. The van der Waals surface area contributed by atoms with Crippen molar-refractivity contribution in [2.75, 3.05) is 7.11 Å². The largest absolute Gasteiger partial charge is 0.494 e. The van der Waals surface area contributed by atoms with Gasteiger partial charge in [-0.1, -0.05) is 35.9 Å². The zero-order chi connectivity index (χ0) is 14.0. The fourth-order valence-corrected chi connectivity index (χ4v) is 2.10. The summed E-state index contributed by atoms with van der Waals surface area (Å²) in [7, 11) is 1.39. The van der Waals surface area contributed by atoms with Gasteiger partial charge in [0.05, 0.1) is 7.11 Å². The second-order valence-electron chi connectivity index (χ2n) is 4.40. The Balaban J connectivity index is 2.53. The first kappa shape index (κ1) is 13.8. The Morgan fingerprint density at radius 3 is 2.37 bits per heavy atom. The fourth-order valence-electron chi connectivity index (χ4n) is 1.97. The Labute approximate surface area is 116 Å². The average molecular weight is 281 g/mol. The smallest absolute Gasteiger partial charge is 0.171 e. The molecule has 1 N–H and O–H groups in total. The SMILES string of the molecule is COc1cccc(C(C)(O)c2ccc(Cl)cc2)c1F. The normalized spacial score (nSPS) is 13.9. The van der Waals surface area contributed by atoms with Crippen molar-refractivity contribution < 1.29 is 14.2 Å². The number of halogens is 2. The first-order valence-corrected chi connectivity index (χ1v) is 6.16. The summed E-state index contributed by atoms with van der Waals surface area (Å²) in [6.07, 6.45) is 0. The van der Waals surface area contributed by atoms with Gasteiger partial charge in [-0.2, -0.15) is 0 Å². The van der Waals surface area contributed by atoms with Gasteiger partial charge >= 0.3 is 0 Å². The van der Waals surface area contributed by atoms with Crippen molar-refractivity contribution in [1.82, 2.24) is 0 Å². The van der Waals surface area contributed by atoms with E-state index in [9.17, 15) is 9.50 Å². The molecule has 0 bridgehead atoms. The predicted molar refractivity (Wildman–Crippen MR) is 73.1 cm³/mol. The van der Waals surface area contributed by atoms with Gasteiger partial charge in [0.25, 0.3) is 0 Å². The van der Waals surface area contributed by atoms with Crippen LogP contribution in [0.1, 0.15) is 18.1 Å². The summed E-state index contributed by atoms with van der Waals surface area (Å²) in [5, 5.41) is 11.2. The van der Waals surface area contributed by atoms with Crippen LogP contribution in [0.4, 0.5) is 4.39 Å². The lowest BCUT2D eigenvalue weighted by Gasteiger charge is -2.25. The molecule has 0 aliphatic rings. The van der Waals surface area contributed by atoms with Gasteiger partial charge < -0.3 is 9.84 Å². The number of methoxy groups -OCH3 is 1. The standard InChI is InChI=1S/C15H14ClFO2/c1-15(18,10-6-8-11(16)9-7-10)12-4-3-5-13(19-2)14(12)17/h3-9,18H,1-2H3. The molecule has 2 rings (SSSR count). The Hall–Kier alpha value is -1.58. The first-order valence-electron chi connectivity index (χ1n) is 5.78. The highest BCUT2D eigenvalue weighted by Gasteiger charge is 2.30. The molecule has 2 nitrogen and oxygen atoms in total. The van der Waals surface area contributed by atoms with Crippen molar-refractivity contribution >= 4 is 11.6 Å². The van der Waals surface area contributed by atoms with Crippen LogP contribution < -0.4 is 4.74 Å². The molecule has 1 atom stereocenters. The van der Waals surface area contributed by atoms with E-state index in [0.29, 0.717) is 10.6 Å². The van der Waals surface area contributed by atoms with E-state index in [1.54, 1.807) is 30.3 Å². The van der Waals surface area contributed by atoms with E-state index in [1.165, 1.54) is 26.2 Å². The van der Waals surface area contributed by atoms with Crippen LogP contribution in [0.2, 0.25) is 5.02 Å². The highest BCUT2D eigenvalue weighted by Crippen LogP contribution is 2.34. The van der Waals surface area contributed by atoms with Crippen LogP contribution in [0.3, 0.4) is 0 Å². The van der Waals surface area contributed by atoms with E-state index < -0.39 is 11.4 Å². The van der Waals surface area contributed by atoms with Crippen molar-refractivity contribution in [2.45, 2.75) is 12.5 Å². The summed E-state index contributed by atoms with van der Waals surface area (Å²) in [6.45, 7) is 1.54. The van der Waals surface area contributed by atoms with Gasteiger partial charge in [0, 0.05) is 10.6 Å². The second-order valence-corrected chi connectivity index (χ2v) is 4.84. The maximum atomic E-state index is 14.2. The second kappa shape index (κ2) is 5.19. The topological polar surface area (TPSA) is 29.5 Å². The predicted octanol–water partition coefficient (Wildman–Crippen LogP) is 3.74. The molecular weight excluding hydrogens is 267 g/mol. The molecule has 0 saturated heterocycles. The molecule has 0 saturated carbocycles. The molecular formula is C15H14ClFO2. The third-order valence-electron chi connectivity index (χ3n) is 3.11. The highest BCUT2D eigenvalue weighted by atomic mass is 35.5. The third kappa shape index (κ3) is 2.57. The summed E-state index contributed by atoms with van der Waals surface area (Å²) >= 11 is 5.81. The summed E-state index contributed by atoms with van der Waals surface area (Å²) < 4.78 is 19.2. The van der Waals surface area contributed by atoms with Crippen molar-refractivity contribution in [3.05, 3.63) is 64.4 Å². The van der Waals surface area contributed by atoms with Crippen LogP contribution in [-0.4, -0.2) is 12.2 Å². The Morgan fingerprint density at radius 1 is 1.16 bits per heavy atom. The average Bonchev–Trinajstić information content (AvgIpc) is 2.39. The lowest BCUT2D eigenvalue weighted by Crippen LogP contribution is -2.24. The van der Waals surface area contributed by atoms with Crippen LogP contribution in [0.15, 0.2) is 42.5 Å². The van der Waals surface area contributed by atoms with E-state index in [2.05, 4.69) is 0 Å². The molecule has 1 unspecified atom stereocenters. The van der Waals surface area contributed by atoms with Gasteiger partial charge in [0.15, 0.2) is 11.6 Å². The monoisotopic (exact) mass is 280 g/mol. The van der Waals surface area contributed by atoms with Crippen LogP contribution in [0.25, 0.3) is 0 Å². The molecule has 4 heteroatoms. The zero-order valence-electron chi connectivity index (χ0n) is 10.7.